The van der Waals surface area contributed by atoms with Crippen molar-refractivity contribution >= 4 is 0 Å². The zero-order chi connectivity index (χ0) is 15.8. The lowest BCUT2D eigenvalue weighted by atomic mass is 10.1. The maximum Gasteiger partial charge on any atom is 0.230 e. The summed E-state index contributed by atoms with van der Waals surface area (Å²) in [5, 5.41) is 12.3. The second-order valence-electron chi connectivity index (χ2n) is 5.85. The van der Waals surface area contributed by atoms with Gasteiger partial charge >= 0.3 is 0 Å². The quantitative estimate of drug-likeness (QED) is 0.741. The van der Waals surface area contributed by atoms with Crippen LogP contribution in [-0.4, -0.2) is 25.1 Å². The molecule has 0 radical (unpaired) electrons. The number of halogens is 1. The summed E-state index contributed by atoms with van der Waals surface area (Å²) in [6.07, 6.45) is 4.62. The van der Waals surface area contributed by atoms with Crippen LogP contribution in [0, 0.1) is 12.7 Å². The van der Waals surface area contributed by atoms with Gasteiger partial charge in [-0.3, -0.25) is 0 Å². The van der Waals surface area contributed by atoms with Gasteiger partial charge in [0.05, 0.1) is 11.4 Å². The zero-order valence-corrected chi connectivity index (χ0v) is 12.7. The van der Waals surface area contributed by atoms with E-state index in [1.165, 1.54) is 25.0 Å². The Hall–Kier alpha value is -2.57. The van der Waals surface area contributed by atoms with Crippen molar-refractivity contribution < 1.29 is 8.91 Å². The molecule has 7 heteroatoms. The van der Waals surface area contributed by atoms with Gasteiger partial charge in [-0.05, 0) is 44.0 Å². The van der Waals surface area contributed by atoms with Gasteiger partial charge in [0.1, 0.15) is 5.82 Å². The molecule has 0 atom stereocenters. The van der Waals surface area contributed by atoms with Gasteiger partial charge in [-0.25, -0.2) is 9.07 Å². The first-order valence-corrected chi connectivity index (χ1v) is 7.74. The molecule has 2 heterocycles. The summed E-state index contributed by atoms with van der Waals surface area (Å²) in [6, 6.07) is 6.09. The summed E-state index contributed by atoms with van der Waals surface area (Å²) in [4.78, 5) is 4.49. The molecular weight excluding hydrogens is 297 g/mol. The topological polar surface area (TPSA) is 69.6 Å². The van der Waals surface area contributed by atoms with Crippen LogP contribution in [0.2, 0.25) is 0 Å². The Morgan fingerprint density at radius 3 is 2.65 bits per heavy atom. The first kappa shape index (κ1) is 14.0. The summed E-state index contributed by atoms with van der Waals surface area (Å²) < 4.78 is 20.1. The highest BCUT2D eigenvalue weighted by molar-refractivity contribution is 5.52. The number of hydrogen-bond acceptors (Lipinski definition) is 5. The minimum absolute atomic E-state index is 0.286. The molecular formula is C16H16FN5O. The highest BCUT2D eigenvalue weighted by Crippen LogP contribution is 2.34. The van der Waals surface area contributed by atoms with Gasteiger partial charge < -0.3 is 4.52 Å². The second kappa shape index (κ2) is 5.57. The lowest BCUT2D eigenvalue weighted by Crippen LogP contribution is -1.99. The zero-order valence-electron chi connectivity index (χ0n) is 12.7. The lowest BCUT2D eigenvalue weighted by Gasteiger charge is -2.02. The standard InChI is InChI=1S/C16H16FN5O/c1-10-14(15-18-16(23-20-15)11-4-2-3-5-11)19-21-22(10)13-8-6-12(17)7-9-13/h6-9,11H,2-5H2,1H3. The maximum atomic E-state index is 13.0. The van der Waals surface area contributed by atoms with Crippen molar-refractivity contribution in [2.75, 3.05) is 0 Å². The van der Waals surface area contributed by atoms with E-state index in [2.05, 4.69) is 20.5 Å². The van der Waals surface area contributed by atoms with Crippen molar-refractivity contribution in [3.63, 3.8) is 0 Å². The van der Waals surface area contributed by atoms with E-state index in [9.17, 15) is 4.39 Å². The normalized spacial score (nSPS) is 15.4. The van der Waals surface area contributed by atoms with Crippen molar-refractivity contribution in [3.8, 4) is 17.2 Å². The van der Waals surface area contributed by atoms with Crippen LogP contribution in [0.5, 0.6) is 0 Å². The van der Waals surface area contributed by atoms with E-state index in [1.54, 1.807) is 16.8 Å². The van der Waals surface area contributed by atoms with Gasteiger partial charge in [-0.1, -0.05) is 23.2 Å². The molecule has 0 N–H and O–H groups in total. The Kier molecular flexibility index (Phi) is 3.40. The predicted molar refractivity (Wildman–Crippen MR) is 80.6 cm³/mol. The molecule has 0 amide bonds. The molecule has 1 aromatic carbocycles. The number of nitrogens with zero attached hydrogens (tertiary/aromatic N) is 5. The third-order valence-corrected chi connectivity index (χ3v) is 4.32. The summed E-state index contributed by atoms with van der Waals surface area (Å²) in [6.45, 7) is 1.88. The summed E-state index contributed by atoms with van der Waals surface area (Å²) in [7, 11) is 0. The SMILES string of the molecule is Cc1c(-c2noc(C3CCCC3)n2)nnn1-c1ccc(F)cc1. The third-order valence-electron chi connectivity index (χ3n) is 4.32. The van der Waals surface area contributed by atoms with E-state index in [0.29, 0.717) is 23.3 Å². The van der Waals surface area contributed by atoms with Gasteiger partial charge in [-0.2, -0.15) is 4.98 Å². The summed E-state index contributed by atoms with van der Waals surface area (Å²) >= 11 is 0. The predicted octanol–water partition coefficient (Wildman–Crippen LogP) is 3.42. The van der Waals surface area contributed by atoms with Gasteiger partial charge in [0.25, 0.3) is 0 Å². The molecule has 1 fully saturated rings. The first-order valence-electron chi connectivity index (χ1n) is 7.74. The Labute approximate surface area is 132 Å². The molecule has 1 aliphatic rings. The highest BCUT2D eigenvalue weighted by atomic mass is 19.1. The van der Waals surface area contributed by atoms with Crippen LogP contribution >= 0.6 is 0 Å². The van der Waals surface area contributed by atoms with Crippen LogP contribution in [0.15, 0.2) is 28.8 Å². The van der Waals surface area contributed by atoms with Crippen LogP contribution < -0.4 is 0 Å². The molecule has 2 aromatic heterocycles. The molecule has 6 nitrogen and oxygen atoms in total. The van der Waals surface area contributed by atoms with Gasteiger partial charge in [0.2, 0.25) is 11.7 Å². The minimum Gasteiger partial charge on any atom is -0.339 e. The van der Waals surface area contributed by atoms with Crippen LogP contribution in [0.3, 0.4) is 0 Å². The van der Waals surface area contributed by atoms with Crippen molar-refractivity contribution in [1.29, 1.82) is 0 Å². The van der Waals surface area contributed by atoms with Crippen LogP contribution in [0.1, 0.15) is 43.2 Å². The van der Waals surface area contributed by atoms with E-state index >= 15 is 0 Å². The smallest absolute Gasteiger partial charge is 0.230 e. The molecule has 0 bridgehead atoms. The van der Waals surface area contributed by atoms with Crippen LogP contribution in [-0.2, 0) is 0 Å². The monoisotopic (exact) mass is 313 g/mol. The molecule has 4 rings (SSSR count). The molecule has 3 aromatic rings. The van der Waals surface area contributed by atoms with E-state index < -0.39 is 0 Å². The molecule has 0 spiro atoms. The molecule has 0 saturated heterocycles. The van der Waals surface area contributed by atoms with Crippen molar-refractivity contribution in [2.45, 2.75) is 38.5 Å². The van der Waals surface area contributed by atoms with Crippen molar-refractivity contribution in [2.24, 2.45) is 0 Å². The molecule has 23 heavy (non-hydrogen) atoms. The number of rotatable bonds is 3. The Balaban J connectivity index is 1.66. The van der Waals surface area contributed by atoms with Gasteiger partial charge in [-0.15, -0.1) is 5.10 Å². The second-order valence-corrected chi connectivity index (χ2v) is 5.85. The number of hydrogen-bond donors (Lipinski definition) is 0. The maximum absolute atomic E-state index is 13.0. The summed E-state index contributed by atoms with van der Waals surface area (Å²) in [5.74, 6) is 1.22. The lowest BCUT2D eigenvalue weighted by molar-refractivity contribution is 0.354. The third kappa shape index (κ3) is 2.52. The van der Waals surface area contributed by atoms with Crippen LogP contribution in [0.25, 0.3) is 17.2 Å². The van der Waals surface area contributed by atoms with Crippen molar-refractivity contribution in [1.82, 2.24) is 25.1 Å². The van der Waals surface area contributed by atoms with Gasteiger partial charge in [0.15, 0.2) is 5.69 Å². The van der Waals surface area contributed by atoms with Crippen LogP contribution in [0.4, 0.5) is 4.39 Å². The van der Waals surface area contributed by atoms with E-state index in [4.69, 9.17) is 4.52 Å². The van der Waals surface area contributed by atoms with E-state index in [1.807, 2.05) is 6.92 Å². The molecule has 0 aliphatic heterocycles. The Morgan fingerprint density at radius 2 is 1.91 bits per heavy atom. The highest BCUT2D eigenvalue weighted by Gasteiger charge is 2.25. The first-order chi connectivity index (χ1) is 11.2. The van der Waals surface area contributed by atoms with E-state index in [0.717, 1.165) is 24.2 Å². The van der Waals surface area contributed by atoms with E-state index in [-0.39, 0.29) is 5.82 Å². The molecule has 1 saturated carbocycles. The average molecular weight is 313 g/mol. The Morgan fingerprint density at radius 1 is 1.17 bits per heavy atom. The largest absolute Gasteiger partial charge is 0.339 e. The minimum atomic E-state index is -0.286. The van der Waals surface area contributed by atoms with Gasteiger partial charge in [0, 0.05) is 5.92 Å². The number of benzene rings is 1. The molecule has 1 aliphatic carbocycles. The van der Waals surface area contributed by atoms with Crippen molar-refractivity contribution in [3.05, 3.63) is 41.7 Å². The molecule has 118 valence electrons. The Bertz CT molecular complexity index is 817. The fourth-order valence-electron chi connectivity index (χ4n) is 3.03. The average Bonchev–Trinajstić information content (AvgIpc) is 3.27. The number of aromatic nitrogens is 5. The molecule has 0 unspecified atom stereocenters. The fourth-order valence-corrected chi connectivity index (χ4v) is 3.03. The summed E-state index contributed by atoms with van der Waals surface area (Å²) in [5.41, 5.74) is 2.11. The fraction of sp³-hybridized carbons (Fsp3) is 0.375.